The van der Waals surface area contributed by atoms with Gasteiger partial charge in [0, 0.05) is 43.3 Å². The lowest BCUT2D eigenvalue weighted by Crippen LogP contribution is -2.32. The second kappa shape index (κ2) is 12.4. The van der Waals surface area contributed by atoms with Crippen LogP contribution in [0.1, 0.15) is 33.6 Å². The Morgan fingerprint density at radius 1 is 1.00 bits per heavy atom. The van der Waals surface area contributed by atoms with Gasteiger partial charge in [0.1, 0.15) is 0 Å². The van der Waals surface area contributed by atoms with Gasteiger partial charge in [-0.2, -0.15) is 4.98 Å². The molecule has 0 aliphatic carbocycles. The predicted octanol–water partition coefficient (Wildman–Crippen LogP) is 2.60. The van der Waals surface area contributed by atoms with Gasteiger partial charge >= 0.3 is 0 Å². The van der Waals surface area contributed by atoms with Gasteiger partial charge in [0.2, 0.25) is 5.95 Å². The third-order valence-electron chi connectivity index (χ3n) is 6.35. The molecule has 0 radical (unpaired) electrons. The molecule has 4 aromatic rings. The van der Waals surface area contributed by atoms with Crippen molar-refractivity contribution in [2.45, 2.75) is 26.3 Å². The van der Waals surface area contributed by atoms with Crippen molar-refractivity contribution >= 4 is 22.9 Å². The van der Waals surface area contributed by atoms with Crippen LogP contribution in [0.25, 0.3) is 16.7 Å². The molecule has 5 rings (SSSR count). The van der Waals surface area contributed by atoms with Crippen LogP contribution >= 0.6 is 0 Å². The first-order valence-electron chi connectivity index (χ1n) is 12.8. The average molecular weight is 515 g/mol. The second-order valence-electron chi connectivity index (χ2n) is 9.17. The first kappa shape index (κ1) is 27.0. The minimum absolute atomic E-state index is 0.0242. The summed E-state index contributed by atoms with van der Waals surface area (Å²) in [5.74, 6) is 0.379. The summed E-state index contributed by atoms with van der Waals surface area (Å²) in [7, 11) is 3.75. The molecule has 198 valence electrons. The molecule has 1 aliphatic heterocycles. The van der Waals surface area contributed by atoms with E-state index in [0.29, 0.717) is 35.8 Å². The molecule has 0 bridgehead atoms. The molecular weight excluding hydrogens is 480 g/mol. The zero-order chi connectivity index (χ0) is 27.1. The van der Waals surface area contributed by atoms with Crippen LogP contribution in [0.5, 0.6) is 0 Å². The summed E-state index contributed by atoms with van der Waals surface area (Å²) < 4.78 is 1.57. The molecule has 1 aliphatic rings. The number of amides is 1. The van der Waals surface area contributed by atoms with E-state index in [1.807, 2.05) is 27.1 Å². The molecule has 38 heavy (non-hydrogen) atoms. The number of carbonyl (C=O) groups is 1. The monoisotopic (exact) mass is 514 g/mol. The molecule has 0 atom stereocenters. The number of aryl methyl sites for hydroxylation is 1. The number of nitrogens with zero attached hydrogens (tertiary/aromatic N) is 4. The largest absolute Gasteiger partial charge is 0.396 e. The average Bonchev–Trinajstić information content (AvgIpc) is 2.93. The molecule has 2 aromatic heterocycles. The fourth-order valence-electron chi connectivity index (χ4n) is 4.45. The van der Waals surface area contributed by atoms with Crippen molar-refractivity contribution in [1.82, 2.24) is 25.2 Å². The van der Waals surface area contributed by atoms with Gasteiger partial charge in [-0.3, -0.25) is 14.2 Å². The van der Waals surface area contributed by atoms with E-state index in [1.54, 1.807) is 34.9 Å². The quantitative estimate of drug-likeness (QED) is 0.339. The van der Waals surface area contributed by atoms with Gasteiger partial charge in [0.25, 0.3) is 11.5 Å². The zero-order valence-corrected chi connectivity index (χ0v) is 22.1. The summed E-state index contributed by atoms with van der Waals surface area (Å²) in [4.78, 5) is 37.1. The van der Waals surface area contributed by atoms with Crippen LogP contribution in [0.15, 0.2) is 65.5 Å². The normalized spacial score (nSPS) is 12.5. The van der Waals surface area contributed by atoms with E-state index in [2.05, 4.69) is 33.7 Å². The van der Waals surface area contributed by atoms with Crippen molar-refractivity contribution < 1.29 is 9.90 Å². The zero-order valence-electron chi connectivity index (χ0n) is 22.1. The molecule has 2 aromatic carbocycles. The topological polar surface area (TPSA) is 112 Å². The van der Waals surface area contributed by atoms with Crippen LogP contribution in [0.4, 0.5) is 5.95 Å². The van der Waals surface area contributed by atoms with Crippen molar-refractivity contribution in [3.8, 4) is 5.69 Å². The Hall–Kier alpha value is -4.08. The first-order valence-corrected chi connectivity index (χ1v) is 12.8. The van der Waals surface area contributed by atoms with Gasteiger partial charge in [-0.15, -0.1) is 0 Å². The van der Waals surface area contributed by atoms with E-state index < -0.39 is 0 Å². The lowest BCUT2D eigenvalue weighted by atomic mass is 10.0. The van der Waals surface area contributed by atoms with Crippen molar-refractivity contribution in [3.63, 3.8) is 0 Å². The Morgan fingerprint density at radius 2 is 1.71 bits per heavy atom. The van der Waals surface area contributed by atoms with Crippen molar-refractivity contribution in [2.75, 3.05) is 38.7 Å². The number of hydrogen-bond acceptors (Lipinski definition) is 7. The highest BCUT2D eigenvalue weighted by Gasteiger charge is 2.20. The Labute approximate surface area is 222 Å². The van der Waals surface area contributed by atoms with E-state index in [-0.39, 0.29) is 18.1 Å². The van der Waals surface area contributed by atoms with Crippen LogP contribution in [-0.2, 0) is 13.0 Å². The Balaban J connectivity index is 0.00000107. The Morgan fingerprint density at radius 3 is 2.42 bits per heavy atom. The molecule has 0 saturated heterocycles. The van der Waals surface area contributed by atoms with Crippen LogP contribution in [-0.4, -0.2) is 59.3 Å². The number of fused-ring (bicyclic) bond motifs is 2. The van der Waals surface area contributed by atoms with E-state index in [4.69, 9.17) is 15.1 Å². The molecule has 3 heterocycles. The van der Waals surface area contributed by atoms with Crippen molar-refractivity contribution in [1.29, 1.82) is 0 Å². The van der Waals surface area contributed by atoms with Crippen molar-refractivity contribution in [2.24, 2.45) is 0 Å². The van der Waals surface area contributed by atoms with E-state index in [1.165, 1.54) is 17.2 Å². The molecule has 3 N–H and O–H groups in total. The molecule has 9 nitrogen and oxygen atoms in total. The van der Waals surface area contributed by atoms with Gasteiger partial charge in [0.15, 0.2) is 5.65 Å². The van der Waals surface area contributed by atoms with Crippen molar-refractivity contribution in [3.05, 3.63) is 93.4 Å². The summed E-state index contributed by atoms with van der Waals surface area (Å²) in [6.07, 6.45) is 1.42. The maximum Gasteiger partial charge on any atom is 0.256 e. The van der Waals surface area contributed by atoms with Gasteiger partial charge in [0.05, 0.1) is 11.4 Å². The van der Waals surface area contributed by atoms with Crippen LogP contribution in [0, 0.1) is 6.92 Å². The lowest BCUT2D eigenvalue weighted by molar-refractivity contribution is 0.0951. The molecule has 9 heteroatoms. The molecular formula is C29H34N6O3. The number of carbonyl (C=O) groups excluding carboxylic acids is 1. The summed E-state index contributed by atoms with van der Waals surface area (Å²) in [6, 6.07) is 18.5. The highest BCUT2D eigenvalue weighted by molar-refractivity contribution is 5.94. The lowest BCUT2D eigenvalue weighted by Gasteiger charge is -2.29. The Kier molecular flexibility index (Phi) is 8.83. The number of aromatic nitrogens is 3. The van der Waals surface area contributed by atoms with Crippen LogP contribution in [0.3, 0.4) is 0 Å². The van der Waals surface area contributed by atoms with E-state index in [9.17, 15) is 9.59 Å². The number of nitrogens with one attached hydrogen (secondary N) is 2. The first-order chi connectivity index (χ1) is 18.5. The molecule has 0 unspecified atom stereocenters. The SMILES string of the molecule is CNC.Cc1nc(N2CCc3ccccc3C2)nc2c1ccc(=O)n2-c1ccc(C(=O)NCCCO)cc1. The third kappa shape index (κ3) is 5.90. The highest BCUT2D eigenvalue weighted by Crippen LogP contribution is 2.25. The fourth-order valence-corrected chi connectivity index (χ4v) is 4.45. The summed E-state index contributed by atoms with van der Waals surface area (Å²) >= 11 is 0. The van der Waals surface area contributed by atoms with E-state index in [0.717, 1.165) is 30.6 Å². The van der Waals surface area contributed by atoms with Crippen LogP contribution < -0.4 is 21.1 Å². The third-order valence-corrected chi connectivity index (χ3v) is 6.35. The smallest absolute Gasteiger partial charge is 0.256 e. The minimum Gasteiger partial charge on any atom is -0.396 e. The number of anilines is 1. The summed E-state index contributed by atoms with van der Waals surface area (Å²) in [5.41, 5.74) is 4.86. The number of aliphatic hydroxyl groups is 1. The van der Waals surface area contributed by atoms with Crippen LogP contribution in [0.2, 0.25) is 0 Å². The number of rotatable bonds is 6. The maximum atomic E-state index is 13.0. The highest BCUT2D eigenvalue weighted by atomic mass is 16.3. The standard InChI is InChI=1S/C27H27N5O3.C2H7N/c1-18-23-11-12-24(34)32(22-9-7-20(8-10-22)26(35)28-14-4-16-33)25(23)30-27(29-18)31-15-13-19-5-2-3-6-21(19)17-31;1-3-2/h2-3,5-12,33H,4,13-17H2,1H3,(H,28,35);3H,1-2H3. The Bertz CT molecular complexity index is 1470. The number of pyridine rings is 1. The molecule has 0 saturated carbocycles. The molecule has 1 amide bonds. The molecule has 0 fully saturated rings. The molecule has 0 spiro atoms. The van der Waals surface area contributed by atoms with Gasteiger partial charge in [-0.1, -0.05) is 24.3 Å². The van der Waals surface area contributed by atoms with Gasteiger partial charge < -0.3 is 20.6 Å². The second-order valence-corrected chi connectivity index (χ2v) is 9.17. The summed E-state index contributed by atoms with van der Waals surface area (Å²) in [5, 5.41) is 15.2. The maximum absolute atomic E-state index is 13.0. The van der Waals surface area contributed by atoms with Gasteiger partial charge in [-0.25, -0.2) is 4.98 Å². The number of benzene rings is 2. The van der Waals surface area contributed by atoms with E-state index >= 15 is 0 Å². The number of hydrogen-bond donors (Lipinski definition) is 3. The number of aliphatic hydroxyl groups excluding tert-OH is 1. The minimum atomic E-state index is -0.221. The fraction of sp³-hybridized carbons (Fsp3) is 0.310. The predicted molar refractivity (Wildman–Crippen MR) is 150 cm³/mol. The van der Waals surface area contributed by atoms with Gasteiger partial charge in [-0.05, 0) is 75.3 Å². The summed E-state index contributed by atoms with van der Waals surface area (Å²) in [6.45, 7) is 3.88.